The van der Waals surface area contributed by atoms with Gasteiger partial charge in [-0.25, -0.2) is 8.78 Å². The monoisotopic (exact) mass is 181 g/mol. The van der Waals surface area contributed by atoms with Gasteiger partial charge in [-0.1, -0.05) is 0 Å². The average molecular weight is 181 g/mol. The average Bonchev–Trinajstić information content (AvgIpc) is 2.52. The summed E-state index contributed by atoms with van der Waals surface area (Å²) in [5.74, 6) is -0.594. The molecule has 3 heteroatoms. The van der Waals surface area contributed by atoms with E-state index in [1.54, 1.807) is 0 Å². The van der Waals surface area contributed by atoms with Crippen LogP contribution in [0.3, 0.4) is 0 Å². The minimum Gasteiger partial charge on any atom is -0.315 e. The highest BCUT2D eigenvalue weighted by Crippen LogP contribution is 2.48. The van der Waals surface area contributed by atoms with Crippen LogP contribution < -0.4 is 5.32 Å². The summed E-state index contributed by atoms with van der Waals surface area (Å²) in [4.78, 5) is 0. The van der Waals surface area contributed by atoms with Crippen LogP contribution in [-0.4, -0.2) is 13.1 Å². The summed E-state index contributed by atoms with van der Waals surface area (Å²) in [6.07, 6.45) is 0. The first-order chi connectivity index (χ1) is 6.27. The Labute approximate surface area is 74.8 Å². The summed E-state index contributed by atoms with van der Waals surface area (Å²) in [6.45, 7) is 1.81. The minimum atomic E-state index is -0.718. The van der Waals surface area contributed by atoms with Crippen LogP contribution in [0.2, 0.25) is 0 Å². The van der Waals surface area contributed by atoms with Gasteiger partial charge in [-0.2, -0.15) is 0 Å². The first kappa shape index (κ1) is 7.44. The van der Waals surface area contributed by atoms with Crippen LogP contribution in [-0.2, 0) is 0 Å². The van der Waals surface area contributed by atoms with Gasteiger partial charge in [-0.3, -0.25) is 0 Å². The molecule has 0 saturated carbocycles. The molecule has 1 heterocycles. The Morgan fingerprint density at radius 1 is 1.00 bits per heavy atom. The Balaban J connectivity index is 2.13. The maximum absolute atomic E-state index is 12.9. The number of halogens is 2. The minimum absolute atomic E-state index is 0.421. The summed E-state index contributed by atoms with van der Waals surface area (Å²) in [5, 5.41) is 3.23. The molecule has 13 heavy (non-hydrogen) atoms. The van der Waals surface area contributed by atoms with Crippen LogP contribution in [0.5, 0.6) is 0 Å². The highest BCUT2D eigenvalue weighted by molar-refractivity contribution is 5.47. The van der Waals surface area contributed by atoms with Gasteiger partial charge in [0.1, 0.15) is 0 Å². The van der Waals surface area contributed by atoms with Crippen molar-refractivity contribution in [2.24, 2.45) is 0 Å². The van der Waals surface area contributed by atoms with Gasteiger partial charge >= 0.3 is 0 Å². The molecule has 0 spiro atoms. The maximum atomic E-state index is 12.9. The molecule has 1 N–H and O–H groups in total. The highest BCUT2D eigenvalue weighted by Gasteiger charge is 2.41. The Morgan fingerprint density at radius 2 is 1.46 bits per heavy atom. The second kappa shape index (κ2) is 2.29. The topological polar surface area (TPSA) is 12.0 Å². The molecule has 3 rings (SSSR count). The SMILES string of the molecule is Fc1cc2c(cc1F)C1CNCC21. The zero-order chi connectivity index (χ0) is 9.00. The summed E-state index contributed by atoms with van der Waals surface area (Å²) in [6, 6.07) is 2.69. The van der Waals surface area contributed by atoms with Crippen molar-refractivity contribution in [3.05, 3.63) is 34.9 Å². The number of nitrogens with one attached hydrogen (secondary N) is 1. The third-order valence-corrected chi connectivity index (χ3v) is 3.14. The smallest absolute Gasteiger partial charge is 0.159 e. The molecular formula is C10H9F2N. The van der Waals surface area contributed by atoms with Gasteiger partial charge in [0.25, 0.3) is 0 Å². The van der Waals surface area contributed by atoms with Gasteiger partial charge in [0, 0.05) is 24.9 Å². The van der Waals surface area contributed by atoms with Crippen molar-refractivity contribution in [2.45, 2.75) is 11.8 Å². The lowest BCUT2D eigenvalue weighted by atomic mass is 9.70. The van der Waals surface area contributed by atoms with Gasteiger partial charge < -0.3 is 5.32 Å². The number of rotatable bonds is 0. The van der Waals surface area contributed by atoms with E-state index < -0.39 is 11.6 Å². The predicted molar refractivity (Wildman–Crippen MR) is 44.7 cm³/mol. The van der Waals surface area contributed by atoms with Crippen LogP contribution >= 0.6 is 0 Å². The largest absolute Gasteiger partial charge is 0.315 e. The first-order valence-electron chi connectivity index (χ1n) is 4.47. The number of hydrogen-bond acceptors (Lipinski definition) is 1. The summed E-state index contributed by atoms with van der Waals surface area (Å²) in [5.41, 5.74) is 1.99. The second-order valence-electron chi connectivity index (χ2n) is 3.77. The van der Waals surface area contributed by atoms with Crippen LogP contribution in [0.4, 0.5) is 8.78 Å². The zero-order valence-electron chi connectivity index (χ0n) is 6.98. The standard InChI is InChI=1S/C10H9F2N/c11-9-1-5-6(2-10(9)12)8-4-13-3-7(5)8/h1-2,7-8,13H,3-4H2. The van der Waals surface area contributed by atoms with E-state index in [1.807, 2.05) is 0 Å². The van der Waals surface area contributed by atoms with E-state index in [-0.39, 0.29) is 0 Å². The summed E-state index contributed by atoms with van der Waals surface area (Å²) in [7, 11) is 0. The van der Waals surface area contributed by atoms with E-state index in [0.717, 1.165) is 24.2 Å². The lowest BCUT2D eigenvalue weighted by Gasteiger charge is -2.33. The predicted octanol–water partition coefficient (Wildman–Crippen LogP) is 1.75. The molecule has 1 aliphatic carbocycles. The van der Waals surface area contributed by atoms with Crippen LogP contribution in [0, 0.1) is 11.6 Å². The lowest BCUT2D eigenvalue weighted by Crippen LogP contribution is -2.23. The first-order valence-corrected chi connectivity index (χ1v) is 4.47. The third kappa shape index (κ3) is 0.826. The molecule has 2 aliphatic rings. The molecule has 1 aromatic carbocycles. The lowest BCUT2D eigenvalue weighted by molar-refractivity contribution is 0.485. The van der Waals surface area contributed by atoms with Crippen molar-refractivity contribution >= 4 is 0 Å². The molecule has 2 unspecified atom stereocenters. The van der Waals surface area contributed by atoms with Crippen molar-refractivity contribution < 1.29 is 8.78 Å². The molecule has 2 atom stereocenters. The number of hydrogen-bond donors (Lipinski definition) is 1. The molecule has 1 saturated heterocycles. The van der Waals surface area contributed by atoms with Gasteiger partial charge in [0.05, 0.1) is 0 Å². The molecular weight excluding hydrogens is 172 g/mol. The molecule has 0 bridgehead atoms. The second-order valence-corrected chi connectivity index (χ2v) is 3.77. The molecule has 0 amide bonds. The van der Waals surface area contributed by atoms with Crippen molar-refractivity contribution in [2.75, 3.05) is 13.1 Å². The van der Waals surface area contributed by atoms with E-state index in [1.165, 1.54) is 12.1 Å². The van der Waals surface area contributed by atoms with E-state index in [4.69, 9.17) is 0 Å². The summed E-state index contributed by atoms with van der Waals surface area (Å²) >= 11 is 0. The fourth-order valence-electron chi connectivity index (χ4n) is 2.46. The van der Waals surface area contributed by atoms with Gasteiger partial charge in [0.15, 0.2) is 11.6 Å². The molecule has 0 aromatic heterocycles. The van der Waals surface area contributed by atoms with E-state index in [0.29, 0.717) is 11.8 Å². The third-order valence-electron chi connectivity index (χ3n) is 3.14. The normalized spacial score (nSPS) is 29.4. The fourth-order valence-corrected chi connectivity index (χ4v) is 2.46. The Kier molecular flexibility index (Phi) is 1.31. The van der Waals surface area contributed by atoms with Crippen molar-refractivity contribution in [1.82, 2.24) is 5.32 Å². The number of fused-ring (bicyclic) bond motifs is 4. The van der Waals surface area contributed by atoms with Crippen molar-refractivity contribution in [1.29, 1.82) is 0 Å². The molecule has 1 aliphatic heterocycles. The van der Waals surface area contributed by atoms with Crippen LogP contribution in [0.15, 0.2) is 12.1 Å². The fraction of sp³-hybridized carbons (Fsp3) is 0.400. The van der Waals surface area contributed by atoms with Crippen LogP contribution in [0.25, 0.3) is 0 Å². The van der Waals surface area contributed by atoms with Crippen LogP contribution in [0.1, 0.15) is 23.0 Å². The molecule has 1 nitrogen and oxygen atoms in total. The van der Waals surface area contributed by atoms with Gasteiger partial charge in [-0.05, 0) is 23.3 Å². The quantitative estimate of drug-likeness (QED) is 0.643. The van der Waals surface area contributed by atoms with E-state index >= 15 is 0 Å². The Morgan fingerprint density at radius 3 is 1.92 bits per heavy atom. The van der Waals surface area contributed by atoms with Gasteiger partial charge in [0.2, 0.25) is 0 Å². The number of benzene rings is 1. The molecule has 1 aromatic rings. The van der Waals surface area contributed by atoms with E-state index in [2.05, 4.69) is 5.32 Å². The maximum Gasteiger partial charge on any atom is 0.159 e. The van der Waals surface area contributed by atoms with Crippen molar-refractivity contribution in [3.63, 3.8) is 0 Å². The molecule has 0 radical (unpaired) electrons. The summed E-state index contributed by atoms with van der Waals surface area (Å²) < 4.78 is 25.7. The Hall–Kier alpha value is -0.960. The van der Waals surface area contributed by atoms with E-state index in [9.17, 15) is 8.78 Å². The molecule has 68 valence electrons. The molecule has 1 fully saturated rings. The van der Waals surface area contributed by atoms with Gasteiger partial charge in [-0.15, -0.1) is 0 Å². The zero-order valence-corrected chi connectivity index (χ0v) is 6.98. The highest BCUT2D eigenvalue weighted by atomic mass is 19.2. The Bertz CT molecular complexity index is 340. The van der Waals surface area contributed by atoms with Crippen molar-refractivity contribution in [3.8, 4) is 0 Å².